The van der Waals surface area contributed by atoms with Crippen LogP contribution in [0.3, 0.4) is 0 Å². The highest BCUT2D eigenvalue weighted by molar-refractivity contribution is 7.98. The van der Waals surface area contributed by atoms with Crippen LogP contribution in [0.15, 0.2) is 53.4 Å². The molecule has 0 aromatic heterocycles. The Balaban J connectivity index is 1.53. The van der Waals surface area contributed by atoms with E-state index in [1.165, 1.54) is 16.5 Å². The quantitative estimate of drug-likeness (QED) is 0.689. The molecule has 0 saturated carbocycles. The number of likely N-dealkylation sites (tertiary alicyclic amines) is 2. The van der Waals surface area contributed by atoms with Crippen molar-refractivity contribution in [2.45, 2.75) is 30.8 Å². The van der Waals surface area contributed by atoms with E-state index in [4.69, 9.17) is 0 Å². The summed E-state index contributed by atoms with van der Waals surface area (Å²) in [6.07, 6.45) is 2.59. The molecule has 2 aromatic rings. The van der Waals surface area contributed by atoms with Crippen molar-refractivity contribution in [1.82, 2.24) is 9.80 Å². The average molecular weight is 399 g/mol. The first-order valence-electron chi connectivity index (χ1n) is 9.99. The molecule has 2 aromatic carbocycles. The Kier molecular flexibility index (Phi) is 5.74. The van der Waals surface area contributed by atoms with Gasteiger partial charge in [-0.05, 0) is 47.6 Å². The summed E-state index contributed by atoms with van der Waals surface area (Å²) in [6, 6.07) is 15.5. The highest BCUT2D eigenvalue weighted by Crippen LogP contribution is 2.45. The number of thioether (sulfide) groups is 1. The molecule has 1 amide bonds. The minimum absolute atomic E-state index is 0.0167. The number of rotatable bonds is 5. The molecule has 3 atom stereocenters. The predicted molar refractivity (Wildman–Crippen MR) is 112 cm³/mol. The van der Waals surface area contributed by atoms with Gasteiger partial charge >= 0.3 is 0 Å². The lowest BCUT2D eigenvalue weighted by atomic mass is 9.89. The number of hydrogen-bond acceptors (Lipinski definition) is 3. The van der Waals surface area contributed by atoms with Crippen LogP contribution in [-0.2, 0) is 11.3 Å². The van der Waals surface area contributed by atoms with E-state index in [-0.39, 0.29) is 17.8 Å². The van der Waals surface area contributed by atoms with Crippen molar-refractivity contribution in [3.05, 3.63) is 65.5 Å². The number of fused-ring (bicyclic) bond motifs is 1. The third-order valence-electron chi connectivity index (χ3n) is 6.12. The molecule has 5 heteroatoms. The number of nitrogens with zero attached hydrogens (tertiary/aromatic N) is 2. The lowest BCUT2D eigenvalue weighted by Crippen LogP contribution is -2.35. The van der Waals surface area contributed by atoms with Crippen LogP contribution >= 0.6 is 11.8 Å². The van der Waals surface area contributed by atoms with E-state index in [0.717, 1.165) is 31.7 Å². The Morgan fingerprint density at radius 3 is 2.61 bits per heavy atom. The zero-order valence-electron chi connectivity index (χ0n) is 16.5. The highest BCUT2D eigenvalue weighted by Gasteiger charge is 2.48. The Labute approximate surface area is 170 Å². The maximum atomic E-state index is 13.9. The molecule has 2 aliphatic heterocycles. The first kappa shape index (κ1) is 19.5. The molecule has 2 aliphatic rings. The van der Waals surface area contributed by atoms with E-state index in [0.29, 0.717) is 18.3 Å². The first-order chi connectivity index (χ1) is 13.6. The molecule has 148 valence electrons. The van der Waals surface area contributed by atoms with Crippen LogP contribution < -0.4 is 0 Å². The van der Waals surface area contributed by atoms with Gasteiger partial charge in [-0.25, -0.2) is 4.39 Å². The molecule has 0 N–H and O–H groups in total. The molecular weight excluding hydrogens is 371 g/mol. The molecule has 3 nitrogen and oxygen atoms in total. The van der Waals surface area contributed by atoms with Gasteiger partial charge in [-0.15, -0.1) is 11.8 Å². The summed E-state index contributed by atoms with van der Waals surface area (Å²) in [5.74, 6) is 0.758. The standard InChI is InChI=1S/C23H27FN2OS/c1-3-22(27)26-14-18-13-25(12-16-7-9-20(28-2)10-8-16)15-21(18)23(26)17-5-4-6-19(24)11-17/h4-11,18,21,23H,3,12-15H2,1-2H3/t18-,21-,23+/m0/s1. The van der Waals surface area contributed by atoms with Crippen molar-refractivity contribution < 1.29 is 9.18 Å². The molecular formula is C23H27FN2OS. The Morgan fingerprint density at radius 1 is 1.14 bits per heavy atom. The van der Waals surface area contributed by atoms with Crippen LogP contribution in [0, 0.1) is 17.7 Å². The van der Waals surface area contributed by atoms with Gasteiger partial charge in [0, 0.05) is 43.4 Å². The van der Waals surface area contributed by atoms with E-state index in [1.54, 1.807) is 23.9 Å². The minimum atomic E-state index is -0.228. The lowest BCUT2D eigenvalue weighted by molar-refractivity contribution is -0.132. The van der Waals surface area contributed by atoms with Crippen molar-refractivity contribution in [2.24, 2.45) is 11.8 Å². The minimum Gasteiger partial charge on any atom is -0.335 e. The number of carbonyl (C=O) groups excluding carboxylic acids is 1. The van der Waals surface area contributed by atoms with Gasteiger partial charge in [-0.2, -0.15) is 0 Å². The molecule has 2 heterocycles. The summed E-state index contributed by atoms with van der Waals surface area (Å²) in [6.45, 7) is 5.56. The maximum absolute atomic E-state index is 13.9. The van der Waals surface area contributed by atoms with Crippen molar-refractivity contribution in [3.63, 3.8) is 0 Å². The zero-order valence-corrected chi connectivity index (χ0v) is 17.3. The SMILES string of the molecule is CCC(=O)N1C[C@@H]2CN(Cc3ccc(SC)cc3)C[C@@H]2[C@H]1c1cccc(F)c1. The summed E-state index contributed by atoms with van der Waals surface area (Å²) in [5.41, 5.74) is 2.25. The second-order valence-corrected chi connectivity index (χ2v) is 8.75. The van der Waals surface area contributed by atoms with Gasteiger partial charge in [-0.3, -0.25) is 9.69 Å². The van der Waals surface area contributed by atoms with E-state index in [9.17, 15) is 9.18 Å². The van der Waals surface area contributed by atoms with Crippen LogP contribution in [0.5, 0.6) is 0 Å². The van der Waals surface area contributed by atoms with Gasteiger partial charge < -0.3 is 4.90 Å². The Morgan fingerprint density at radius 2 is 1.93 bits per heavy atom. The summed E-state index contributed by atoms with van der Waals surface area (Å²) in [7, 11) is 0. The van der Waals surface area contributed by atoms with Gasteiger partial charge in [0.1, 0.15) is 5.82 Å². The Hall–Kier alpha value is -1.85. The maximum Gasteiger partial charge on any atom is 0.222 e. The smallest absolute Gasteiger partial charge is 0.222 e. The zero-order chi connectivity index (χ0) is 19.7. The second-order valence-electron chi connectivity index (χ2n) is 7.87. The predicted octanol–water partition coefficient (Wildman–Crippen LogP) is 4.59. The van der Waals surface area contributed by atoms with Gasteiger partial charge in [0.25, 0.3) is 0 Å². The fourth-order valence-corrected chi connectivity index (χ4v) is 5.24. The van der Waals surface area contributed by atoms with Crippen molar-refractivity contribution in [2.75, 3.05) is 25.9 Å². The molecule has 2 fully saturated rings. The Bertz CT molecular complexity index is 841. The fourth-order valence-electron chi connectivity index (χ4n) is 4.83. The number of amides is 1. The van der Waals surface area contributed by atoms with E-state index in [2.05, 4.69) is 35.4 Å². The van der Waals surface area contributed by atoms with Crippen LogP contribution in [-0.4, -0.2) is 41.6 Å². The summed E-state index contributed by atoms with van der Waals surface area (Å²) in [4.78, 5) is 18.3. The van der Waals surface area contributed by atoms with E-state index >= 15 is 0 Å². The average Bonchev–Trinajstić information content (AvgIpc) is 3.25. The van der Waals surface area contributed by atoms with Gasteiger partial charge in [-0.1, -0.05) is 31.2 Å². The van der Waals surface area contributed by atoms with Crippen LogP contribution in [0.2, 0.25) is 0 Å². The topological polar surface area (TPSA) is 23.6 Å². The van der Waals surface area contributed by atoms with Crippen molar-refractivity contribution in [1.29, 1.82) is 0 Å². The summed E-state index contributed by atoms with van der Waals surface area (Å²) in [5, 5.41) is 0. The molecule has 0 radical (unpaired) electrons. The molecule has 0 bridgehead atoms. The van der Waals surface area contributed by atoms with Gasteiger partial charge in [0.05, 0.1) is 6.04 Å². The summed E-state index contributed by atoms with van der Waals surface area (Å²) >= 11 is 1.76. The number of benzene rings is 2. The molecule has 0 aliphatic carbocycles. The van der Waals surface area contributed by atoms with Crippen molar-refractivity contribution in [3.8, 4) is 0 Å². The number of carbonyl (C=O) groups is 1. The molecule has 0 unspecified atom stereocenters. The van der Waals surface area contributed by atoms with E-state index < -0.39 is 0 Å². The van der Waals surface area contributed by atoms with Gasteiger partial charge in [0.15, 0.2) is 0 Å². The van der Waals surface area contributed by atoms with E-state index in [1.807, 2.05) is 17.9 Å². The van der Waals surface area contributed by atoms with Crippen LogP contribution in [0.4, 0.5) is 4.39 Å². The second kappa shape index (κ2) is 8.26. The number of halogens is 1. The highest BCUT2D eigenvalue weighted by atomic mass is 32.2. The molecule has 0 spiro atoms. The monoisotopic (exact) mass is 398 g/mol. The van der Waals surface area contributed by atoms with Crippen LogP contribution in [0.1, 0.15) is 30.5 Å². The number of hydrogen-bond donors (Lipinski definition) is 0. The molecule has 4 rings (SSSR count). The fraction of sp³-hybridized carbons (Fsp3) is 0.435. The van der Waals surface area contributed by atoms with Crippen molar-refractivity contribution >= 4 is 17.7 Å². The lowest BCUT2D eigenvalue weighted by Gasteiger charge is -2.30. The normalized spacial score (nSPS) is 24.5. The molecule has 2 saturated heterocycles. The van der Waals surface area contributed by atoms with Gasteiger partial charge in [0.2, 0.25) is 5.91 Å². The summed E-state index contributed by atoms with van der Waals surface area (Å²) < 4.78 is 13.9. The first-order valence-corrected chi connectivity index (χ1v) is 11.2. The third-order valence-corrected chi connectivity index (χ3v) is 6.86. The molecule has 28 heavy (non-hydrogen) atoms. The third kappa shape index (κ3) is 3.83. The largest absolute Gasteiger partial charge is 0.335 e. The van der Waals surface area contributed by atoms with Crippen LogP contribution in [0.25, 0.3) is 0 Å².